The second-order valence-electron chi connectivity index (χ2n) is 4.11. The molecule has 0 saturated carbocycles. The summed E-state index contributed by atoms with van der Waals surface area (Å²) in [6, 6.07) is 0.883. The van der Waals surface area contributed by atoms with Crippen LogP contribution in [-0.2, 0) is 12.6 Å². The molecule has 1 rings (SSSR count). The van der Waals surface area contributed by atoms with Crippen molar-refractivity contribution in [2.45, 2.75) is 31.8 Å². The summed E-state index contributed by atoms with van der Waals surface area (Å²) in [6.45, 7) is 3.85. The highest BCUT2D eigenvalue weighted by molar-refractivity contribution is 6.31. The lowest BCUT2D eigenvalue weighted by Gasteiger charge is -2.14. The Hall–Kier alpha value is -0.480. The zero-order chi connectivity index (χ0) is 13.2. The highest BCUT2D eigenvalue weighted by Gasteiger charge is 2.31. The molecule has 0 bridgehead atoms. The number of pyridine rings is 1. The monoisotopic (exact) mass is 285 g/mol. The smallest absolute Gasteiger partial charge is 0.259 e. The Morgan fingerprint density at radius 1 is 1.35 bits per heavy atom. The fourth-order valence-electron chi connectivity index (χ4n) is 1.19. The van der Waals surface area contributed by atoms with Gasteiger partial charge in [0.25, 0.3) is 0 Å². The number of hydrogen-bond donors (Lipinski definition) is 0. The molecule has 0 spiro atoms. The van der Waals surface area contributed by atoms with Gasteiger partial charge in [-0.05, 0) is 12.0 Å². The quantitative estimate of drug-likeness (QED) is 0.742. The molecule has 6 heteroatoms. The van der Waals surface area contributed by atoms with Gasteiger partial charge in [-0.25, -0.2) is 0 Å². The highest BCUT2D eigenvalue weighted by Crippen LogP contribution is 2.31. The summed E-state index contributed by atoms with van der Waals surface area (Å²) in [7, 11) is 0. The summed E-state index contributed by atoms with van der Waals surface area (Å²) in [6.07, 6.45) is -3.28. The first-order valence-electron chi connectivity index (χ1n) is 5.07. The molecule has 0 radical (unpaired) electrons. The van der Waals surface area contributed by atoms with Crippen LogP contribution in [0.3, 0.4) is 0 Å². The lowest BCUT2D eigenvalue weighted by Crippen LogP contribution is -2.13. The number of halogens is 5. The van der Waals surface area contributed by atoms with Gasteiger partial charge in [-0.15, -0.1) is 11.6 Å². The van der Waals surface area contributed by atoms with Gasteiger partial charge in [0.05, 0.1) is 16.3 Å². The third kappa shape index (κ3) is 4.03. The van der Waals surface area contributed by atoms with Gasteiger partial charge in [0.1, 0.15) is 0 Å². The molecule has 0 fully saturated rings. The Bertz CT molecular complexity index is 391. The van der Waals surface area contributed by atoms with E-state index in [0.29, 0.717) is 12.1 Å². The van der Waals surface area contributed by atoms with Crippen LogP contribution < -0.4 is 0 Å². The van der Waals surface area contributed by atoms with Gasteiger partial charge in [-0.1, -0.05) is 25.4 Å². The molecule has 96 valence electrons. The summed E-state index contributed by atoms with van der Waals surface area (Å²) >= 11 is 11.8. The van der Waals surface area contributed by atoms with Crippen molar-refractivity contribution in [2.75, 3.05) is 0 Å². The van der Waals surface area contributed by atoms with E-state index >= 15 is 0 Å². The number of aromatic nitrogens is 1. The van der Waals surface area contributed by atoms with E-state index in [-0.39, 0.29) is 16.3 Å². The summed E-state index contributed by atoms with van der Waals surface area (Å²) in [5.41, 5.74) is -0.449. The molecule has 0 aliphatic carbocycles. The average Bonchev–Trinajstić information content (AvgIpc) is 2.19. The predicted molar refractivity (Wildman–Crippen MR) is 62.4 cm³/mol. The van der Waals surface area contributed by atoms with Crippen molar-refractivity contribution in [2.24, 2.45) is 5.92 Å². The lowest BCUT2D eigenvalue weighted by molar-refractivity contribution is -0.137. The van der Waals surface area contributed by atoms with E-state index in [0.717, 1.165) is 12.3 Å². The predicted octanol–water partition coefficient (Wildman–Crippen LogP) is 4.56. The molecule has 0 aliphatic heterocycles. The Kier molecular flexibility index (Phi) is 4.67. The molecule has 0 saturated heterocycles. The van der Waals surface area contributed by atoms with Crippen molar-refractivity contribution in [3.05, 3.63) is 28.5 Å². The summed E-state index contributed by atoms with van der Waals surface area (Å²) in [5.74, 6) is 0.205. The van der Waals surface area contributed by atoms with E-state index in [2.05, 4.69) is 4.98 Å². The molecule has 1 aromatic heterocycles. The highest BCUT2D eigenvalue weighted by atomic mass is 35.5. The fraction of sp³-hybridized carbons (Fsp3) is 0.545. The molecule has 17 heavy (non-hydrogen) atoms. The Morgan fingerprint density at radius 2 is 1.94 bits per heavy atom. The Balaban J connectivity index is 2.91. The molecule has 1 atom stereocenters. The van der Waals surface area contributed by atoms with Crippen molar-refractivity contribution in [3.63, 3.8) is 0 Å². The standard InChI is InChI=1S/C11H12Cl2F3N/c1-6(2)8(12)4-10-9(13)3-7(5-17-10)11(14,15)16/h3,5-6,8H,4H2,1-2H3. The molecule has 1 nitrogen and oxygen atoms in total. The van der Waals surface area contributed by atoms with E-state index in [1.54, 1.807) is 0 Å². The lowest BCUT2D eigenvalue weighted by atomic mass is 10.0. The minimum atomic E-state index is -4.42. The number of rotatable bonds is 3. The van der Waals surface area contributed by atoms with Crippen LogP contribution >= 0.6 is 23.2 Å². The summed E-state index contributed by atoms with van der Waals surface area (Å²) < 4.78 is 37.1. The van der Waals surface area contributed by atoms with Crippen molar-refractivity contribution in [1.82, 2.24) is 4.98 Å². The van der Waals surface area contributed by atoms with Gasteiger partial charge >= 0.3 is 6.18 Å². The minimum absolute atomic E-state index is 0.00567. The summed E-state index contributed by atoms with van der Waals surface area (Å²) in [5, 5.41) is -0.192. The Labute approximate surface area is 108 Å². The number of alkyl halides is 4. The van der Waals surface area contributed by atoms with Gasteiger partial charge < -0.3 is 0 Å². The maximum absolute atomic E-state index is 12.4. The van der Waals surface area contributed by atoms with E-state index in [4.69, 9.17) is 23.2 Å². The molecular weight excluding hydrogens is 274 g/mol. The van der Waals surface area contributed by atoms with Crippen molar-refractivity contribution in [3.8, 4) is 0 Å². The summed E-state index contributed by atoms with van der Waals surface area (Å²) in [4.78, 5) is 3.73. The normalized spacial score (nSPS) is 14.1. The third-order valence-electron chi connectivity index (χ3n) is 2.36. The van der Waals surface area contributed by atoms with Crippen LogP contribution in [0.4, 0.5) is 13.2 Å². The molecule has 1 heterocycles. The first-order valence-corrected chi connectivity index (χ1v) is 5.89. The largest absolute Gasteiger partial charge is 0.417 e. The van der Waals surface area contributed by atoms with Crippen molar-refractivity contribution in [1.29, 1.82) is 0 Å². The second-order valence-corrected chi connectivity index (χ2v) is 5.08. The van der Waals surface area contributed by atoms with E-state index in [1.165, 1.54) is 0 Å². The molecule has 0 aliphatic rings. The maximum Gasteiger partial charge on any atom is 0.417 e. The van der Waals surface area contributed by atoms with Crippen LogP contribution in [-0.4, -0.2) is 10.4 Å². The molecule has 0 N–H and O–H groups in total. The van der Waals surface area contributed by atoms with Gasteiger partial charge in [0.2, 0.25) is 0 Å². The van der Waals surface area contributed by atoms with Crippen LogP contribution in [0, 0.1) is 5.92 Å². The topological polar surface area (TPSA) is 12.9 Å². The SMILES string of the molecule is CC(C)C(Cl)Cc1ncc(C(F)(F)F)cc1Cl. The van der Waals surface area contributed by atoms with Crippen molar-refractivity contribution >= 4 is 23.2 Å². The molecule has 0 amide bonds. The van der Waals surface area contributed by atoms with E-state index in [1.807, 2.05) is 13.8 Å². The first-order chi connectivity index (χ1) is 7.71. The van der Waals surface area contributed by atoms with Gasteiger partial charge in [-0.2, -0.15) is 13.2 Å². The van der Waals surface area contributed by atoms with Crippen LogP contribution in [0.1, 0.15) is 25.1 Å². The third-order valence-corrected chi connectivity index (χ3v) is 3.34. The molecule has 1 unspecified atom stereocenters. The van der Waals surface area contributed by atoms with Gasteiger partial charge in [0, 0.05) is 18.0 Å². The van der Waals surface area contributed by atoms with E-state index < -0.39 is 11.7 Å². The van der Waals surface area contributed by atoms with E-state index in [9.17, 15) is 13.2 Å². The zero-order valence-electron chi connectivity index (χ0n) is 9.35. The average molecular weight is 286 g/mol. The van der Waals surface area contributed by atoms with Gasteiger partial charge in [-0.3, -0.25) is 4.98 Å². The van der Waals surface area contributed by atoms with Crippen LogP contribution in [0.5, 0.6) is 0 Å². The number of hydrogen-bond acceptors (Lipinski definition) is 1. The fourth-order valence-corrected chi connectivity index (χ4v) is 1.58. The molecule has 0 aromatic carbocycles. The van der Waals surface area contributed by atoms with Crippen LogP contribution in [0.2, 0.25) is 5.02 Å². The first kappa shape index (κ1) is 14.6. The number of nitrogens with zero attached hydrogens (tertiary/aromatic N) is 1. The van der Waals surface area contributed by atoms with Gasteiger partial charge in [0.15, 0.2) is 0 Å². The Morgan fingerprint density at radius 3 is 2.35 bits per heavy atom. The molecular formula is C11H12Cl2F3N. The van der Waals surface area contributed by atoms with Crippen molar-refractivity contribution < 1.29 is 13.2 Å². The second kappa shape index (κ2) is 5.44. The minimum Gasteiger partial charge on any atom is -0.259 e. The van der Waals surface area contributed by atoms with Crippen LogP contribution in [0.15, 0.2) is 12.3 Å². The zero-order valence-corrected chi connectivity index (χ0v) is 10.9. The molecule has 1 aromatic rings. The van der Waals surface area contributed by atoms with Crippen LogP contribution in [0.25, 0.3) is 0 Å². The maximum atomic E-state index is 12.4.